The first-order chi connectivity index (χ1) is 8.02. The van der Waals surface area contributed by atoms with E-state index in [-0.39, 0.29) is 5.60 Å². The summed E-state index contributed by atoms with van der Waals surface area (Å²) in [6.07, 6.45) is 5.85. The van der Waals surface area contributed by atoms with E-state index in [0.29, 0.717) is 12.1 Å². The second kappa shape index (κ2) is 5.25. The molecular formula is C14H28N2O. The first kappa shape index (κ1) is 13.3. The molecule has 0 aromatic heterocycles. The van der Waals surface area contributed by atoms with Crippen LogP contribution in [0.15, 0.2) is 0 Å². The monoisotopic (exact) mass is 240 g/mol. The highest BCUT2D eigenvalue weighted by Gasteiger charge is 2.37. The van der Waals surface area contributed by atoms with Crippen molar-refractivity contribution < 1.29 is 4.74 Å². The first-order valence-electron chi connectivity index (χ1n) is 7.14. The van der Waals surface area contributed by atoms with E-state index in [4.69, 9.17) is 10.5 Å². The van der Waals surface area contributed by atoms with Gasteiger partial charge >= 0.3 is 0 Å². The molecule has 100 valence electrons. The Labute approximate surface area is 106 Å². The second-order valence-electron chi connectivity index (χ2n) is 6.47. The highest BCUT2D eigenvalue weighted by Crippen LogP contribution is 2.32. The molecule has 3 heteroatoms. The van der Waals surface area contributed by atoms with Gasteiger partial charge in [0.2, 0.25) is 0 Å². The Morgan fingerprint density at radius 1 is 1.35 bits per heavy atom. The predicted octanol–water partition coefficient (Wildman–Crippen LogP) is 2.00. The van der Waals surface area contributed by atoms with Crippen LogP contribution in [-0.2, 0) is 4.74 Å². The lowest BCUT2D eigenvalue weighted by Gasteiger charge is -2.46. The molecule has 17 heavy (non-hydrogen) atoms. The van der Waals surface area contributed by atoms with Gasteiger partial charge in [0.15, 0.2) is 0 Å². The topological polar surface area (TPSA) is 38.5 Å². The van der Waals surface area contributed by atoms with E-state index >= 15 is 0 Å². The average molecular weight is 240 g/mol. The van der Waals surface area contributed by atoms with Crippen LogP contribution in [-0.4, -0.2) is 42.3 Å². The van der Waals surface area contributed by atoms with Crippen molar-refractivity contribution in [2.45, 2.75) is 64.2 Å². The summed E-state index contributed by atoms with van der Waals surface area (Å²) in [4.78, 5) is 2.59. The molecule has 2 rings (SSSR count). The Bertz CT molecular complexity index is 249. The molecule has 1 saturated heterocycles. The van der Waals surface area contributed by atoms with Gasteiger partial charge in [-0.15, -0.1) is 0 Å². The quantitative estimate of drug-likeness (QED) is 0.820. The average Bonchev–Trinajstić information content (AvgIpc) is 2.68. The lowest BCUT2D eigenvalue weighted by atomic mass is 9.93. The molecule has 2 aliphatic rings. The molecule has 2 atom stereocenters. The number of morpholine rings is 1. The number of nitrogens with zero attached hydrogens (tertiary/aromatic N) is 1. The largest absolute Gasteiger partial charge is 0.370 e. The summed E-state index contributed by atoms with van der Waals surface area (Å²) >= 11 is 0. The third-order valence-corrected chi connectivity index (χ3v) is 4.25. The van der Waals surface area contributed by atoms with Crippen LogP contribution >= 0.6 is 0 Å². The Balaban J connectivity index is 2.02. The smallest absolute Gasteiger partial charge is 0.0757 e. The molecule has 2 unspecified atom stereocenters. The van der Waals surface area contributed by atoms with Gasteiger partial charge in [-0.25, -0.2) is 0 Å². The van der Waals surface area contributed by atoms with Crippen molar-refractivity contribution in [2.24, 2.45) is 11.7 Å². The van der Waals surface area contributed by atoms with Crippen molar-refractivity contribution in [1.29, 1.82) is 0 Å². The van der Waals surface area contributed by atoms with Crippen molar-refractivity contribution in [3.63, 3.8) is 0 Å². The molecular weight excluding hydrogens is 212 g/mol. The van der Waals surface area contributed by atoms with E-state index in [1.807, 2.05) is 0 Å². The molecule has 1 aliphatic heterocycles. The molecule has 2 N–H and O–H groups in total. The summed E-state index contributed by atoms with van der Waals surface area (Å²) in [5.74, 6) is 0.820. The fourth-order valence-corrected chi connectivity index (χ4v) is 3.74. The summed E-state index contributed by atoms with van der Waals surface area (Å²) in [6.45, 7) is 9.43. The van der Waals surface area contributed by atoms with Crippen molar-refractivity contribution in [3.05, 3.63) is 0 Å². The molecule has 1 aliphatic carbocycles. The zero-order chi connectivity index (χ0) is 12.5. The minimum Gasteiger partial charge on any atom is -0.370 e. The highest BCUT2D eigenvalue weighted by atomic mass is 16.5. The van der Waals surface area contributed by atoms with Gasteiger partial charge in [-0.05, 0) is 39.5 Å². The van der Waals surface area contributed by atoms with Gasteiger partial charge in [0.25, 0.3) is 0 Å². The van der Waals surface area contributed by atoms with Crippen molar-refractivity contribution in [3.8, 4) is 0 Å². The molecule has 1 heterocycles. The van der Waals surface area contributed by atoms with Gasteiger partial charge in [-0.1, -0.05) is 12.8 Å². The van der Waals surface area contributed by atoms with Crippen molar-refractivity contribution in [2.75, 3.05) is 19.6 Å². The summed E-state index contributed by atoms with van der Waals surface area (Å²) in [5, 5.41) is 0. The number of ether oxygens (including phenoxy) is 1. The molecule has 0 radical (unpaired) electrons. The van der Waals surface area contributed by atoms with Crippen LogP contribution in [0.25, 0.3) is 0 Å². The van der Waals surface area contributed by atoms with Gasteiger partial charge in [-0.3, -0.25) is 4.90 Å². The Morgan fingerprint density at radius 3 is 2.53 bits per heavy atom. The predicted molar refractivity (Wildman–Crippen MR) is 71.0 cm³/mol. The van der Waals surface area contributed by atoms with Gasteiger partial charge in [0, 0.05) is 25.7 Å². The Morgan fingerprint density at radius 2 is 2.00 bits per heavy atom. The summed E-state index contributed by atoms with van der Waals surface area (Å²) in [5.41, 5.74) is 6.01. The molecule has 0 aromatic rings. The van der Waals surface area contributed by atoms with Gasteiger partial charge in [-0.2, -0.15) is 0 Å². The van der Waals surface area contributed by atoms with Gasteiger partial charge in [0.1, 0.15) is 0 Å². The molecule has 0 amide bonds. The van der Waals surface area contributed by atoms with Crippen molar-refractivity contribution >= 4 is 0 Å². The fourth-order valence-electron chi connectivity index (χ4n) is 3.74. The summed E-state index contributed by atoms with van der Waals surface area (Å²) < 4.78 is 5.98. The summed E-state index contributed by atoms with van der Waals surface area (Å²) in [6, 6.07) is 0.572. The molecule has 3 nitrogen and oxygen atoms in total. The zero-order valence-corrected chi connectivity index (χ0v) is 11.6. The molecule has 0 aromatic carbocycles. The van der Waals surface area contributed by atoms with Crippen LogP contribution in [0.1, 0.15) is 46.5 Å². The standard InChI is InChI=1S/C14H28N2O/c1-11-9-16(10-14(2,3)17-11)13(8-15)12-6-4-5-7-12/h11-13H,4-10,15H2,1-3H3. The van der Waals surface area contributed by atoms with E-state index in [0.717, 1.165) is 25.6 Å². The lowest BCUT2D eigenvalue weighted by Crippen LogP contribution is -2.58. The van der Waals surface area contributed by atoms with Crippen LogP contribution in [0.3, 0.4) is 0 Å². The van der Waals surface area contributed by atoms with E-state index < -0.39 is 0 Å². The van der Waals surface area contributed by atoms with Gasteiger partial charge < -0.3 is 10.5 Å². The lowest BCUT2D eigenvalue weighted by molar-refractivity contribution is -0.141. The maximum atomic E-state index is 6.03. The van der Waals surface area contributed by atoms with E-state index in [1.54, 1.807) is 0 Å². The van der Waals surface area contributed by atoms with Crippen LogP contribution in [0, 0.1) is 5.92 Å². The van der Waals surface area contributed by atoms with E-state index in [2.05, 4.69) is 25.7 Å². The van der Waals surface area contributed by atoms with E-state index in [1.165, 1.54) is 25.7 Å². The highest BCUT2D eigenvalue weighted by molar-refractivity contribution is 4.90. The minimum absolute atomic E-state index is 0.0241. The number of nitrogens with two attached hydrogens (primary N) is 1. The number of hydrogen-bond donors (Lipinski definition) is 1. The fraction of sp³-hybridized carbons (Fsp3) is 1.00. The molecule has 2 fully saturated rings. The van der Waals surface area contributed by atoms with Crippen LogP contribution in [0.2, 0.25) is 0 Å². The first-order valence-corrected chi connectivity index (χ1v) is 7.14. The molecule has 0 bridgehead atoms. The third-order valence-electron chi connectivity index (χ3n) is 4.25. The van der Waals surface area contributed by atoms with Crippen molar-refractivity contribution in [1.82, 2.24) is 4.90 Å². The maximum Gasteiger partial charge on any atom is 0.0757 e. The minimum atomic E-state index is -0.0241. The van der Waals surface area contributed by atoms with E-state index in [9.17, 15) is 0 Å². The second-order valence-corrected chi connectivity index (χ2v) is 6.47. The van der Waals surface area contributed by atoms with Crippen LogP contribution in [0.4, 0.5) is 0 Å². The molecule has 0 spiro atoms. The Hall–Kier alpha value is -0.120. The SMILES string of the molecule is CC1CN(C(CN)C2CCCC2)CC(C)(C)O1. The van der Waals surface area contributed by atoms with Crippen LogP contribution in [0.5, 0.6) is 0 Å². The number of hydrogen-bond acceptors (Lipinski definition) is 3. The van der Waals surface area contributed by atoms with Gasteiger partial charge in [0.05, 0.1) is 11.7 Å². The molecule has 1 saturated carbocycles. The Kier molecular flexibility index (Phi) is 4.11. The number of rotatable bonds is 3. The van der Waals surface area contributed by atoms with Crippen LogP contribution < -0.4 is 5.73 Å². The zero-order valence-electron chi connectivity index (χ0n) is 11.6. The third kappa shape index (κ3) is 3.21. The normalized spacial score (nSPS) is 32.8. The summed E-state index contributed by atoms with van der Waals surface area (Å²) in [7, 11) is 0. The maximum absolute atomic E-state index is 6.03.